The van der Waals surface area contributed by atoms with Crippen molar-refractivity contribution in [2.45, 2.75) is 38.5 Å². The third kappa shape index (κ3) is 2.12. The first-order valence-electron chi connectivity index (χ1n) is 5.43. The Balaban J connectivity index is 2.00. The highest BCUT2D eigenvalue weighted by Gasteiger charge is 2.20. The second-order valence-corrected chi connectivity index (χ2v) is 3.84. The van der Waals surface area contributed by atoms with Crippen molar-refractivity contribution in [3.8, 4) is 0 Å². The zero-order chi connectivity index (χ0) is 9.80. The maximum atomic E-state index is 5.17. The fourth-order valence-corrected chi connectivity index (χ4v) is 1.82. The molecule has 14 heavy (non-hydrogen) atoms. The Kier molecular flexibility index (Phi) is 3.14. The van der Waals surface area contributed by atoms with Crippen molar-refractivity contribution in [1.29, 1.82) is 0 Å². The predicted octanol–water partition coefficient (Wildman–Crippen LogP) is 1.49. The van der Waals surface area contributed by atoms with Crippen molar-refractivity contribution in [2.75, 3.05) is 13.1 Å². The normalized spacial score (nSPS) is 22.5. The van der Waals surface area contributed by atoms with Crippen LogP contribution in [0.5, 0.6) is 0 Å². The van der Waals surface area contributed by atoms with Crippen LogP contribution in [0.25, 0.3) is 0 Å². The number of piperidine rings is 1. The first kappa shape index (κ1) is 9.65. The second-order valence-electron chi connectivity index (χ2n) is 3.84. The lowest BCUT2D eigenvalue weighted by atomic mass is 9.99. The number of aryl methyl sites for hydroxylation is 1. The highest BCUT2D eigenvalue weighted by atomic mass is 16.5. The van der Waals surface area contributed by atoms with Crippen LogP contribution in [0.15, 0.2) is 4.52 Å². The molecule has 0 unspecified atom stereocenters. The topological polar surface area (TPSA) is 51.0 Å². The van der Waals surface area contributed by atoms with Crippen LogP contribution in [0, 0.1) is 0 Å². The molecule has 4 nitrogen and oxygen atoms in total. The molecule has 1 aromatic rings. The van der Waals surface area contributed by atoms with Crippen molar-refractivity contribution >= 4 is 0 Å². The molecule has 0 spiro atoms. The van der Waals surface area contributed by atoms with Gasteiger partial charge in [-0.1, -0.05) is 12.1 Å². The summed E-state index contributed by atoms with van der Waals surface area (Å²) in [6, 6.07) is 0. The molecule has 1 aliphatic heterocycles. The van der Waals surface area contributed by atoms with Crippen LogP contribution in [0.1, 0.15) is 43.8 Å². The molecule has 1 atom stereocenters. The van der Waals surface area contributed by atoms with E-state index in [1.165, 1.54) is 12.8 Å². The first-order valence-corrected chi connectivity index (χ1v) is 5.43. The summed E-state index contributed by atoms with van der Waals surface area (Å²) in [5.41, 5.74) is 0. The summed E-state index contributed by atoms with van der Waals surface area (Å²) in [5, 5.41) is 7.39. The van der Waals surface area contributed by atoms with E-state index in [1.807, 2.05) is 0 Å². The fraction of sp³-hybridized carbons (Fsp3) is 0.800. The lowest BCUT2D eigenvalue weighted by molar-refractivity contribution is 0.360. The van der Waals surface area contributed by atoms with E-state index in [2.05, 4.69) is 22.4 Å². The highest BCUT2D eigenvalue weighted by molar-refractivity contribution is 4.98. The minimum absolute atomic E-state index is 0.457. The van der Waals surface area contributed by atoms with E-state index in [4.69, 9.17) is 4.52 Å². The molecule has 0 aromatic carbocycles. The van der Waals surface area contributed by atoms with Crippen LogP contribution < -0.4 is 5.32 Å². The Morgan fingerprint density at radius 1 is 1.57 bits per heavy atom. The van der Waals surface area contributed by atoms with Gasteiger partial charge < -0.3 is 9.84 Å². The van der Waals surface area contributed by atoms with Gasteiger partial charge in [0.1, 0.15) is 0 Å². The van der Waals surface area contributed by atoms with Crippen molar-refractivity contribution in [1.82, 2.24) is 15.5 Å². The minimum Gasteiger partial charge on any atom is -0.339 e. The molecule has 1 saturated heterocycles. The van der Waals surface area contributed by atoms with Gasteiger partial charge in [-0.05, 0) is 25.8 Å². The maximum Gasteiger partial charge on any atom is 0.226 e. The Morgan fingerprint density at radius 2 is 2.50 bits per heavy atom. The zero-order valence-electron chi connectivity index (χ0n) is 8.62. The van der Waals surface area contributed by atoms with Crippen LogP contribution in [-0.2, 0) is 6.42 Å². The maximum absolute atomic E-state index is 5.17. The Labute approximate surface area is 84.1 Å². The molecule has 0 saturated carbocycles. The van der Waals surface area contributed by atoms with Gasteiger partial charge in [-0.3, -0.25) is 0 Å². The Morgan fingerprint density at radius 3 is 3.21 bits per heavy atom. The summed E-state index contributed by atoms with van der Waals surface area (Å²) < 4.78 is 5.17. The van der Waals surface area contributed by atoms with E-state index >= 15 is 0 Å². The van der Waals surface area contributed by atoms with Crippen molar-refractivity contribution in [2.24, 2.45) is 0 Å². The standard InChI is InChI=1S/C10H17N3O/c1-2-4-9-12-10(13-14-9)8-5-3-6-11-7-8/h8,11H,2-7H2,1H3/t8-/m0/s1. The molecule has 0 aliphatic carbocycles. The number of hydrogen-bond donors (Lipinski definition) is 1. The number of aromatic nitrogens is 2. The quantitative estimate of drug-likeness (QED) is 0.794. The summed E-state index contributed by atoms with van der Waals surface area (Å²) in [4.78, 5) is 4.41. The smallest absolute Gasteiger partial charge is 0.226 e. The van der Waals surface area contributed by atoms with Gasteiger partial charge >= 0.3 is 0 Å². The lowest BCUT2D eigenvalue weighted by Gasteiger charge is -2.19. The van der Waals surface area contributed by atoms with Crippen molar-refractivity contribution < 1.29 is 4.52 Å². The molecule has 1 fully saturated rings. The Bertz CT molecular complexity index is 279. The summed E-state index contributed by atoms with van der Waals surface area (Å²) >= 11 is 0. The molecule has 2 rings (SSSR count). The van der Waals surface area contributed by atoms with Gasteiger partial charge in [0.25, 0.3) is 0 Å². The molecule has 0 amide bonds. The van der Waals surface area contributed by atoms with Gasteiger partial charge in [0.2, 0.25) is 5.89 Å². The third-order valence-corrected chi connectivity index (χ3v) is 2.61. The van der Waals surface area contributed by atoms with Crippen LogP contribution in [-0.4, -0.2) is 23.2 Å². The van der Waals surface area contributed by atoms with Gasteiger partial charge in [-0.15, -0.1) is 0 Å². The van der Waals surface area contributed by atoms with Crippen molar-refractivity contribution in [3.05, 3.63) is 11.7 Å². The van der Waals surface area contributed by atoms with Crippen molar-refractivity contribution in [3.63, 3.8) is 0 Å². The van der Waals surface area contributed by atoms with E-state index in [0.29, 0.717) is 5.92 Å². The van der Waals surface area contributed by atoms with Gasteiger partial charge in [0, 0.05) is 18.9 Å². The summed E-state index contributed by atoms with van der Waals surface area (Å²) in [7, 11) is 0. The molecular weight excluding hydrogens is 178 g/mol. The third-order valence-electron chi connectivity index (χ3n) is 2.61. The van der Waals surface area contributed by atoms with Crippen LogP contribution >= 0.6 is 0 Å². The number of nitrogens with one attached hydrogen (secondary N) is 1. The molecule has 4 heteroatoms. The zero-order valence-corrected chi connectivity index (χ0v) is 8.62. The van der Waals surface area contributed by atoms with Crippen LogP contribution in [0.3, 0.4) is 0 Å². The monoisotopic (exact) mass is 195 g/mol. The molecule has 0 radical (unpaired) electrons. The summed E-state index contributed by atoms with van der Waals surface area (Å²) in [6.07, 6.45) is 4.35. The molecule has 1 N–H and O–H groups in total. The minimum atomic E-state index is 0.457. The molecule has 2 heterocycles. The fourth-order valence-electron chi connectivity index (χ4n) is 1.82. The average Bonchev–Trinajstić information content (AvgIpc) is 2.68. The average molecular weight is 195 g/mol. The van der Waals surface area contributed by atoms with E-state index in [-0.39, 0.29) is 0 Å². The molecule has 1 aromatic heterocycles. The van der Waals surface area contributed by atoms with E-state index in [0.717, 1.165) is 37.6 Å². The molecule has 1 aliphatic rings. The number of hydrogen-bond acceptors (Lipinski definition) is 4. The van der Waals surface area contributed by atoms with E-state index < -0.39 is 0 Å². The van der Waals surface area contributed by atoms with Gasteiger partial charge in [-0.2, -0.15) is 4.98 Å². The van der Waals surface area contributed by atoms with E-state index in [1.54, 1.807) is 0 Å². The van der Waals surface area contributed by atoms with Gasteiger partial charge in [0.15, 0.2) is 5.82 Å². The second kappa shape index (κ2) is 4.55. The summed E-state index contributed by atoms with van der Waals surface area (Å²) in [5.74, 6) is 2.13. The van der Waals surface area contributed by atoms with Crippen LogP contribution in [0.2, 0.25) is 0 Å². The summed E-state index contributed by atoms with van der Waals surface area (Å²) in [6.45, 7) is 4.23. The number of rotatable bonds is 3. The molecule has 0 bridgehead atoms. The SMILES string of the molecule is CCCc1nc([C@H]2CCCNC2)no1. The predicted molar refractivity (Wildman–Crippen MR) is 53.1 cm³/mol. The highest BCUT2D eigenvalue weighted by Crippen LogP contribution is 2.20. The van der Waals surface area contributed by atoms with Crippen LogP contribution in [0.4, 0.5) is 0 Å². The number of nitrogens with zero attached hydrogens (tertiary/aromatic N) is 2. The molecular formula is C10H17N3O. The first-order chi connectivity index (χ1) is 6.90. The lowest BCUT2D eigenvalue weighted by Crippen LogP contribution is -2.28. The largest absolute Gasteiger partial charge is 0.339 e. The van der Waals surface area contributed by atoms with Gasteiger partial charge in [-0.25, -0.2) is 0 Å². The van der Waals surface area contributed by atoms with E-state index in [9.17, 15) is 0 Å². The van der Waals surface area contributed by atoms with Gasteiger partial charge in [0.05, 0.1) is 0 Å². The Hall–Kier alpha value is -0.900. The molecule has 78 valence electrons.